The van der Waals surface area contributed by atoms with Gasteiger partial charge in [0.1, 0.15) is 0 Å². The number of aromatic nitrogens is 2. The normalized spacial score (nSPS) is 10.7. The van der Waals surface area contributed by atoms with Gasteiger partial charge in [-0.25, -0.2) is 9.97 Å². The predicted molar refractivity (Wildman–Crippen MR) is 75.0 cm³/mol. The molecule has 4 heteroatoms. The van der Waals surface area contributed by atoms with Gasteiger partial charge in [-0.1, -0.05) is 39.5 Å². The molecule has 0 aliphatic heterocycles. The summed E-state index contributed by atoms with van der Waals surface area (Å²) < 4.78 is 5.01. The Morgan fingerprint density at radius 2 is 1.78 bits per heavy atom. The van der Waals surface area contributed by atoms with Crippen molar-refractivity contribution >= 4 is 5.95 Å². The lowest BCUT2D eigenvalue weighted by molar-refractivity contribution is 0.411. The van der Waals surface area contributed by atoms with Gasteiger partial charge in [-0.2, -0.15) is 0 Å². The zero-order valence-corrected chi connectivity index (χ0v) is 11.8. The molecule has 0 saturated carbocycles. The van der Waals surface area contributed by atoms with Crippen LogP contribution in [0.25, 0.3) is 0 Å². The molecule has 102 valence electrons. The molecule has 0 fully saturated rings. The van der Waals surface area contributed by atoms with Gasteiger partial charge >= 0.3 is 0 Å². The van der Waals surface area contributed by atoms with Crippen LogP contribution in [0.3, 0.4) is 0 Å². The highest BCUT2D eigenvalue weighted by Gasteiger charge is 1.97. The summed E-state index contributed by atoms with van der Waals surface area (Å²) in [5.74, 6) is 2.20. The van der Waals surface area contributed by atoms with Crippen molar-refractivity contribution in [2.75, 3.05) is 19.0 Å². The second kappa shape index (κ2) is 8.72. The van der Waals surface area contributed by atoms with E-state index in [1.807, 2.05) is 0 Å². The average Bonchev–Trinajstić information content (AvgIpc) is 2.38. The minimum absolute atomic E-state index is 0.679. The largest absolute Gasteiger partial charge is 0.494 e. The first-order valence-corrected chi connectivity index (χ1v) is 6.82. The van der Waals surface area contributed by atoms with Gasteiger partial charge in [0.25, 0.3) is 0 Å². The average molecular weight is 251 g/mol. The first kappa shape index (κ1) is 14.7. The summed E-state index contributed by atoms with van der Waals surface area (Å²) in [7, 11) is 1.61. The van der Waals surface area contributed by atoms with E-state index in [0.717, 1.165) is 12.5 Å². The summed E-state index contributed by atoms with van der Waals surface area (Å²) in [6.07, 6.45) is 9.81. The van der Waals surface area contributed by atoms with Crippen LogP contribution >= 0.6 is 0 Å². The van der Waals surface area contributed by atoms with E-state index in [4.69, 9.17) is 4.74 Å². The molecule has 0 atom stereocenters. The highest BCUT2D eigenvalue weighted by atomic mass is 16.5. The summed E-state index contributed by atoms with van der Waals surface area (Å²) in [4.78, 5) is 8.32. The molecule has 0 aromatic carbocycles. The molecular formula is C14H25N3O. The van der Waals surface area contributed by atoms with Crippen molar-refractivity contribution in [2.45, 2.75) is 46.0 Å². The number of methoxy groups -OCH3 is 1. The van der Waals surface area contributed by atoms with E-state index < -0.39 is 0 Å². The number of nitrogens with one attached hydrogen (secondary N) is 1. The third-order valence-electron chi connectivity index (χ3n) is 2.86. The van der Waals surface area contributed by atoms with Crippen LogP contribution in [0.5, 0.6) is 5.75 Å². The van der Waals surface area contributed by atoms with Gasteiger partial charge in [-0.15, -0.1) is 0 Å². The fourth-order valence-corrected chi connectivity index (χ4v) is 1.74. The quantitative estimate of drug-likeness (QED) is 0.682. The van der Waals surface area contributed by atoms with Crippen LogP contribution in [0.1, 0.15) is 46.0 Å². The van der Waals surface area contributed by atoms with Crippen molar-refractivity contribution in [3.8, 4) is 5.75 Å². The minimum Gasteiger partial charge on any atom is -0.494 e. The third-order valence-corrected chi connectivity index (χ3v) is 2.86. The van der Waals surface area contributed by atoms with Crippen LogP contribution in [0, 0.1) is 5.92 Å². The first-order chi connectivity index (χ1) is 8.72. The van der Waals surface area contributed by atoms with Crippen LogP contribution in [0.2, 0.25) is 0 Å². The number of anilines is 1. The van der Waals surface area contributed by atoms with Crippen LogP contribution in [0.4, 0.5) is 5.95 Å². The standard InChI is InChI=1S/C14H25N3O/c1-12(2)8-6-4-5-7-9-15-14-16-10-13(18-3)11-17-14/h10-12H,4-9H2,1-3H3,(H,15,16,17). The molecule has 0 bridgehead atoms. The van der Waals surface area contributed by atoms with E-state index >= 15 is 0 Å². The highest BCUT2D eigenvalue weighted by molar-refractivity contribution is 5.26. The SMILES string of the molecule is COc1cnc(NCCCCCCC(C)C)nc1. The highest BCUT2D eigenvalue weighted by Crippen LogP contribution is 2.10. The molecule has 0 spiro atoms. The molecule has 4 nitrogen and oxygen atoms in total. The molecule has 0 radical (unpaired) electrons. The van der Waals surface area contributed by atoms with Crippen molar-refractivity contribution in [2.24, 2.45) is 5.92 Å². The van der Waals surface area contributed by atoms with Crippen LogP contribution in [-0.2, 0) is 0 Å². The maximum Gasteiger partial charge on any atom is 0.222 e. The Morgan fingerprint density at radius 1 is 1.11 bits per heavy atom. The van der Waals surface area contributed by atoms with Gasteiger partial charge in [0.2, 0.25) is 5.95 Å². The smallest absolute Gasteiger partial charge is 0.222 e. The van der Waals surface area contributed by atoms with Gasteiger partial charge in [0.15, 0.2) is 5.75 Å². The second-order valence-electron chi connectivity index (χ2n) is 4.97. The van der Waals surface area contributed by atoms with Gasteiger partial charge in [-0.3, -0.25) is 0 Å². The molecular weight excluding hydrogens is 226 g/mol. The summed E-state index contributed by atoms with van der Waals surface area (Å²) in [5, 5.41) is 3.22. The lowest BCUT2D eigenvalue weighted by Gasteiger charge is -2.06. The molecule has 1 rings (SSSR count). The van der Waals surface area contributed by atoms with Crippen LogP contribution in [0.15, 0.2) is 12.4 Å². The summed E-state index contributed by atoms with van der Waals surface area (Å²) in [6, 6.07) is 0. The molecule has 18 heavy (non-hydrogen) atoms. The molecule has 1 aromatic rings. The number of unbranched alkanes of at least 4 members (excludes halogenated alkanes) is 3. The van der Waals surface area contributed by atoms with Gasteiger partial charge < -0.3 is 10.1 Å². The van der Waals surface area contributed by atoms with E-state index in [9.17, 15) is 0 Å². The molecule has 0 aliphatic rings. The Kier molecular flexibility index (Phi) is 7.14. The number of nitrogens with zero attached hydrogens (tertiary/aromatic N) is 2. The number of ether oxygens (including phenoxy) is 1. The topological polar surface area (TPSA) is 47.0 Å². The summed E-state index contributed by atoms with van der Waals surface area (Å²) in [6.45, 7) is 5.50. The van der Waals surface area contributed by atoms with Crippen molar-refractivity contribution in [3.05, 3.63) is 12.4 Å². The molecule has 0 saturated heterocycles. The maximum atomic E-state index is 5.01. The van der Waals surface area contributed by atoms with E-state index in [0.29, 0.717) is 11.7 Å². The minimum atomic E-state index is 0.679. The number of rotatable bonds is 9. The Morgan fingerprint density at radius 3 is 2.39 bits per heavy atom. The van der Waals surface area contributed by atoms with E-state index in [-0.39, 0.29) is 0 Å². The zero-order valence-electron chi connectivity index (χ0n) is 11.8. The van der Waals surface area contributed by atoms with Gasteiger partial charge in [-0.05, 0) is 12.3 Å². The molecule has 0 aliphatic carbocycles. The lowest BCUT2D eigenvalue weighted by atomic mass is 10.0. The maximum absolute atomic E-state index is 5.01. The Bertz CT molecular complexity index is 311. The van der Waals surface area contributed by atoms with Crippen LogP contribution in [-0.4, -0.2) is 23.6 Å². The molecule has 1 heterocycles. The van der Waals surface area contributed by atoms with Crippen molar-refractivity contribution in [3.63, 3.8) is 0 Å². The van der Waals surface area contributed by atoms with Gasteiger partial charge in [0, 0.05) is 6.54 Å². The second-order valence-corrected chi connectivity index (χ2v) is 4.97. The fraction of sp³-hybridized carbons (Fsp3) is 0.714. The van der Waals surface area contributed by atoms with Gasteiger partial charge in [0.05, 0.1) is 19.5 Å². The summed E-state index contributed by atoms with van der Waals surface area (Å²) >= 11 is 0. The molecule has 1 aromatic heterocycles. The Labute approximate surface area is 110 Å². The third kappa shape index (κ3) is 6.42. The van der Waals surface area contributed by atoms with E-state index in [1.54, 1.807) is 19.5 Å². The first-order valence-electron chi connectivity index (χ1n) is 6.82. The fourth-order valence-electron chi connectivity index (χ4n) is 1.74. The molecule has 1 N–H and O–H groups in total. The number of hydrogen-bond donors (Lipinski definition) is 1. The molecule has 0 amide bonds. The van der Waals surface area contributed by atoms with Crippen LogP contribution < -0.4 is 10.1 Å². The predicted octanol–water partition coefficient (Wildman–Crippen LogP) is 3.50. The van der Waals surface area contributed by atoms with Crippen molar-refractivity contribution in [1.29, 1.82) is 0 Å². The monoisotopic (exact) mass is 251 g/mol. The number of hydrogen-bond acceptors (Lipinski definition) is 4. The van der Waals surface area contributed by atoms with E-state index in [1.165, 1.54) is 32.1 Å². The van der Waals surface area contributed by atoms with E-state index in [2.05, 4.69) is 29.1 Å². The Hall–Kier alpha value is -1.32. The lowest BCUT2D eigenvalue weighted by Crippen LogP contribution is -2.05. The van der Waals surface area contributed by atoms with Crippen molar-refractivity contribution < 1.29 is 4.74 Å². The van der Waals surface area contributed by atoms with Crippen molar-refractivity contribution in [1.82, 2.24) is 9.97 Å². The zero-order chi connectivity index (χ0) is 13.2. The molecule has 0 unspecified atom stereocenters. The summed E-state index contributed by atoms with van der Waals surface area (Å²) in [5.41, 5.74) is 0. The Balaban J connectivity index is 2.03.